The number of nitrogens with two attached hydrogens (primary N) is 1. The van der Waals surface area contributed by atoms with Crippen molar-refractivity contribution in [1.29, 1.82) is 0 Å². The average Bonchev–Trinajstić information content (AvgIpc) is 3.49. The summed E-state index contributed by atoms with van der Waals surface area (Å²) in [4.78, 5) is 22.3. The fraction of sp³-hybridized carbons (Fsp3) is 0.429. The number of aromatic nitrogens is 2. The molecule has 0 aliphatic carbocycles. The number of imidazole rings is 1. The molecule has 4 heterocycles. The molecule has 47 heavy (non-hydrogen) atoms. The van der Waals surface area contributed by atoms with Crippen LogP contribution in [-0.2, 0) is 15.4 Å². The minimum Gasteiger partial charge on any atom is -0.339 e. The van der Waals surface area contributed by atoms with Crippen molar-refractivity contribution in [2.75, 3.05) is 19.6 Å². The lowest BCUT2D eigenvalue weighted by molar-refractivity contribution is 0.0606. The monoisotopic (exact) mass is 681 g/mol. The smallest absolute Gasteiger partial charge is 0.253 e. The third kappa shape index (κ3) is 6.07. The van der Waals surface area contributed by atoms with Crippen molar-refractivity contribution in [3.63, 3.8) is 0 Å². The lowest BCUT2D eigenvalue weighted by Gasteiger charge is -2.45. The molecule has 2 unspecified atom stereocenters. The molecular weight excluding hydrogens is 644 g/mol. The summed E-state index contributed by atoms with van der Waals surface area (Å²) in [6.07, 6.45) is 6.05. The van der Waals surface area contributed by atoms with Gasteiger partial charge in [0.05, 0.1) is 16.1 Å². The molecule has 3 aliphatic rings. The molecule has 1 amide bonds. The fourth-order valence-electron chi connectivity index (χ4n) is 8.51. The van der Waals surface area contributed by atoms with E-state index in [1.807, 2.05) is 6.07 Å². The van der Waals surface area contributed by atoms with Crippen LogP contribution in [0, 0.1) is 18.6 Å². The molecule has 3 aromatic carbocycles. The average molecular weight is 682 g/mol. The maximum absolute atomic E-state index is 14.6. The Morgan fingerprint density at radius 1 is 0.979 bits per heavy atom. The summed E-state index contributed by atoms with van der Waals surface area (Å²) in [5.41, 5.74) is 2.46. The summed E-state index contributed by atoms with van der Waals surface area (Å²) in [5.74, 6) is -0.526. The highest BCUT2D eigenvalue weighted by molar-refractivity contribution is 7.89. The molecule has 0 radical (unpaired) electrons. The van der Waals surface area contributed by atoms with E-state index in [2.05, 4.69) is 34.6 Å². The zero-order valence-corrected chi connectivity index (χ0v) is 27.8. The summed E-state index contributed by atoms with van der Waals surface area (Å²) in [6.45, 7) is 3.59. The molecule has 0 spiro atoms. The van der Waals surface area contributed by atoms with Gasteiger partial charge in [-0.1, -0.05) is 23.7 Å². The van der Waals surface area contributed by atoms with E-state index in [0.29, 0.717) is 56.0 Å². The first-order valence-electron chi connectivity index (χ1n) is 16.2. The van der Waals surface area contributed by atoms with E-state index in [9.17, 15) is 22.0 Å². The third-order valence-corrected chi connectivity index (χ3v) is 12.2. The number of sulfonamides is 1. The summed E-state index contributed by atoms with van der Waals surface area (Å²) in [7, 11) is -4.12. The summed E-state index contributed by atoms with van der Waals surface area (Å²) in [6, 6.07) is 17.3. The van der Waals surface area contributed by atoms with Gasteiger partial charge in [-0.25, -0.2) is 27.3 Å². The van der Waals surface area contributed by atoms with Gasteiger partial charge in [-0.15, -0.1) is 0 Å². The SMILES string of the molecule is Cc1nc2ccccc2n1C1CC2CCC(C1)N2CCC1(c2cc(F)cc(F)c2)CCN(C(=O)c2ccc(Cl)c(S(N)(=O)=O)c2)CC1. The number of nitrogens with zero attached hydrogens (tertiary/aromatic N) is 4. The van der Waals surface area contributed by atoms with Gasteiger partial charge in [0.1, 0.15) is 22.4 Å². The minimum absolute atomic E-state index is 0.0543. The lowest BCUT2D eigenvalue weighted by atomic mass is 9.70. The van der Waals surface area contributed by atoms with Crippen LogP contribution in [0.1, 0.15) is 72.7 Å². The molecule has 1 aromatic heterocycles. The first-order valence-corrected chi connectivity index (χ1v) is 18.1. The summed E-state index contributed by atoms with van der Waals surface area (Å²) >= 11 is 6.04. The molecule has 2 atom stereocenters. The molecule has 7 rings (SSSR count). The van der Waals surface area contributed by atoms with Gasteiger partial charge in [-0.05, 0) is 106 Å². The molecular formula is C35H38ClF2N5O3S. The van der Waals surface area contributed by atoms with Crippen molar-refractivity contribution in [3.8, 4) is 0 Å². The van der Waals surface area contributed by atoms with Crippen LogP contribution in [-0.4, -0.2) is 65.4 Å². The van der Waals surface area contributed by atoms with Crippen LogP contribution in [0.15, 0.2) is 65.6 Å². The Hall–Kier alpha value is -3.38. The maximum atomic E-state index is 14.6. The first-order chi connectivity index (χ1) is 22.4. The van der Waals surface area contributed by atoms with Crippen molar-refractivity contribution in [1.82, 2.24) is 19.4 Å². The molecule has 2 N–H and O–H groups in total. The molecule has 3 aliphatic heterocycles. The molecule has 2 bridgehead atoms. The number of piperidine rings is 2. The second-order valence-corrected chi connectivity index (χ2v) is 15.4. The number of likely N-dealkylation sites (tertiary alicyclic amines) is 1. The standard InChI is InChI=1S/C35H38ClF2N5O3S/c1-22-40-31-4-2-3-5-32(31)43(22)29-20-27-7-8-28(21-29)42(27)15-12-35(24-17-25(37)19-26(38)18-24)10-13-41(14-11-35)34(44)23-6-9-30(36)33(16-23)47(39,45)46/h2-6,9,16-19,27-29H,7-8,10-15,20-21H2,1H3,(H2,39,45,46). The third-order valence-electron chi connectivity index (χ3n) is 10.8. The number of carbonyl (C=O) groups excluding carboxylic acids is 1. The number of hydrogen-bond acceptors (Lipinski definition) is 5. The van der Waals surface area contributed by atoms with Gasteiger partial charge in [-0.3, -0.25) is 9.69 Å². The number of benzene rings is 3. The summed E-state index contributed by atoms with van der Waals surface area (Å²) < 4.78 is 55.6. The second-order valence-electron chi connectivity index (χ2n) is 13.4. The normalized spacial score (nSPS) is 23.0. The minimum atomic E-state index is -4.12. The first kappa shape index (κ1) is 32.2. The van der Waals surface area contributed by atoms with Gasteiger partial charge in [0, 0.05) is 48.3 Å². The Kier molecular flexibility index (Phi) is 8.39. The Labute approximate surface area is 278 Å². The van der Waals surface area contributed by atoms with Crippen LogP contribution in [0.4, 0.5) is 8.78 Å². The Bertz CT molecular complexity index is 1930. The van der Waals surface area contributed by atoms with E-state index in [0.717, 1.165) is 49.6 Å². The fourth-order valence-corrected chi connectivity index (χ4v) is 9.58. The Morgan fingerprint density at radius 3 is 2.30 bits per heavy atom. The molecule has 3 fully saturated rings. The van der Waals surface area contributed by atoms with Crippen molar-refractivity contribution < 1.29 is 22.0 Å². The highest BCUT2D eigenvalue weighted by Gasteiger charge is 2.44. The number of amides is 1. The number of rotatable bonds is 7. The maximum Gasteiger partial charge on any atom is 0.253 e. The predicted molar refractivity (Wildman–Crippen MR) is 177 cm³/mol. The van der Waals surface area contributed by atoms with Crippen molar-refractivity contribution in [2.24, 2.45) is 5.14 Å². The largest absolute Gasteiger partial charge is 0.339 e. The van der Waals surface area contributed by atoms with E-state index < -0.39 is 27.1 Å². The van der Waals surface area contributed by atoms with E-state index >= 15 is 0 Å². The van der Waals surface area contributed by atoms with Gasteiger partial charge >= 0.3 is 0 Å². The highest BCUT2D eigenvalue weighted by atomic mass is 35.5. The lowest BCUT2D eigenvalue weighted by Crippen LogP contribution is -2.49. The number of para-hydroxylation sites is 2. The van der Waals surface area contributed by atoms with E-state index in [1.165, 1.54) is 35.8 Å². The van der Waals surface area contributed by atoms with Gasteiger partial charge in [0.15, 0.2) is 0 Å². The summed E-state index contributed by atoms with van der Waals surface area (Å²) in [5, 5.41) is 5.25. The van der Waals surface area contributed by atoms with Gasteiger partial charge in [-0.2, -0.15) is 0 Å². The zero-order valence-electron chi connectivity index (χ0n) is 26.2. The molecule has 0 saturated carbocycles. The van der Waals surface area contributed by atoms with Gasteiger partial charge in [0.25, 0.3) is 5.91 Å². The van der Waals surface area contributed by atoms with Crippen LogP contribution < -0.4 is 5.14 Å². The zero-order chi connectivity index (χ0) is 33.1. The van der Waals surface area contributed by atoms with Crippen LogP contribution in [0.2, 0.25) is 5.02 Å². The topological polar surface area (TPSA) is 102 Å². The van der Waals surface area contributed by atoms with E-state index in [1.54, 1.807) is 4.90 Å². The number of halogens is 3. The van der Waals surface area contributed by atoms with Crippen LogP contribution in [0.5, 0.6) is 0 Å². The molecule has 3 saturated heterocycles. The van der Waals surface area contributed by atoms with Crippen LogP contribution in [0.3, 0.4) is 0 Å². The molecule has 12 heteroatoms. The van der Waals surface area contributed by atoms with Crippen LogP contribution >= 0.6 is 11.6 Å². The number of hydrogen-bond donors (Lipinski definition) is 1. The van der Waals surface area contributed by atoms with E-state index in [-0.39, 0.29) is 21.4 Å². The Balaban J connectivity index is 1.09. The number of aryl methyl sites for hydroxylation is 1. The van der Waals surface area contributed by atoms with Crippen molar-refractivity contribution in [3.05, 3.63) is 94.3 Å². The second kappa shape index (κ2) is 12.3. The Morgan fingerprint density at radius 2 is 1.64 bits per heavy atom. The number of fused-ring (bicyclic) bond motifs is 3. The number of primary sulfonamides is 1. The van der Waals surface area contributed by atoms with Gasteiger partial charge < -0.3 is 9.47 Å². The molecule has 4 aromatic rings. The van der Waals surface area contributed by atoms with Crippen LogP contribution in [0.25, 0.3) is 11.0 Å². The molecule has 8 nitrogen and oxygen atoms in total. The van der Waals surface area contributed by atoms with Gasteiger partial charge in [0.2, 0.25) is 10.0 Å². The predicted octanol–water partition coefficient (Wildman–Crippen LogP) is 6.36. The highest BCUT2D eigenvalue weighted by Crippen LogP contribution is 2.45. The van der Waals surface area contributed by atoms with Crippen molar-refractivity contribution in [2.45, 2.75) is 80.3 Å². The molecule has 248 valence electrons. The quantitative estimate of drug-likeness (QED) is 0.245. The van der Waals surface area contributed by atoms with E-state index in [4.69, 9.17) is 21.7 Å². The van der Waals surface area contributed by atoms with Crippen molar-refractivity contribution >= 4 is 38.6 Å². The number of carbonyl (C=O) groups is 1.